The molecule has 4 rings (SSSR count). The number of para-hydroxylation sites is 1. The monoisotopic (exact) mass is 884 g/mol. The first-order chi connectivity index (χ1) is 28.8. The van der Waals surface area contributed by atoms with Crippen LogP contribution in [0.1, 0.15) is 66.7 Å². The lowest BCUT2D eigenvalue weighted by molar-refractivity contribution is -0.147. The van der Waals surface area contributed by atoms with Crippen molar-refractivity contribution in [3.63, 3.8) is 0 Å². The number of aromatic nitrogens is 2. The lowest BCUT2D eigenvalue weighted by Crippen LogP contribution is -2.42. The summed E-state index contributed by atoms with van der Waals surface area (Å²) in [5.41, 5.74) is -0.0257. The quantitative estimate of drug-likeness (QED) is 0.0450. The van der Waals surface area contributed by atoms with E-state index in [1.54, 1.807) is 44.2 Å². The lowest BCUT2D eigenvalue weighted by atomic mass is 9.89. The predicted octanol–water partition coefficient (Wildman–Crippen LogP) is 4.90. The molecular formula is C42H62F2N4O12S. The fourth-order valence-corrected chi connectivity index (χ4v) is 6.32. The van der Waals surface area contributed by atoms with Crippen molar-refractivity contribution in [3.8, 4) is 11.6 Å². The first-order valence-electron chi connectivity index (χ1n) is 20.1. The minimum atomic E-state index is -3.20. The average molecular weight is 885 g/mol. The normalized spacial score (nSPS) is 20.0. The van der Waals surface area contributed by atoms with Gasteiger partial charge in [0.15, 0.2) is 6.61 Å². The summed E-state index contributed by atoms with van der Waals surface area (Å²) in [5.74, 6) is -5.26. The summed E-state index contributed by atoms with van der Waals surface area (Å²) in [6.45, 7) is 12.6. The van der Waals surface area contributed by atoms with E-state index in [9.17, 15) is 38.5 Å². The van der Waals surface area contributed by atoms with Gasteiger partial charge in [0, 0.05) is 56.1 Å². The van der Waals surface area contributed by atoms with Gasteiger partial charge in [-0.1, -0.05) is 36.4 Å². The summed E-state index contributed by atoms with van der Waals surface area (Å²) >= 11 is 1.12. The highest BCUT2D eigenvalue weighted by atomic mass is 32.1. The highest BCUT2D eigenvalue weighted by Gasteiger charge is 2.40. The van der Waals surface area contributed by atoms with Crippen molar-refractivity contribution in [1.29, 1.82) is 0 Å². The van der Waals surface area contributed by atoms with Gasteiger partial charge in [-0.3, -0.25) is 4.79 Å². The molecule has 0 amide bonds. The molecule has 5 atom stereocenters. The second-order valence-electron chi connectivity index (χ2n) is 15.6. The zero-order valence-corrected chi connectivity index (χ0v) is 36.2. The van der Waals surface area contributed by atoms with E-state index in [1.165, 1.54) is 6.08 Å². The number of nitrogens with one attached hydrogen (secondary N) is 1. The SMILES string of the molecule is CC(C)(C)NC[C@H](O)COc1nsnc1N1CCOCC1.CC(C)OC(=O)CCC/C=C\C[C@@H]1[C@@H](/C=C/C(F)(F)COc2ccccc2)[C@H](O)C[C@@H]1O.O=C(O)/C=C\C(=O)O. The number of hydrogen-bond donors (Lipinski definition) is 6. The van der Waals surface area contributed by atoms with Crippen LogP contribution in [-0.4, -0.2) is 134 Å². The maximum Gasteiger partial charge on any atom is 0.328 e. The van der Waals surface area contributed by atoms with Crippen LogP contribution in [0.3, 0.4) is 0 Å². The first kappa shape index (κ1) is 52.6. The van der Waals surface area contributed by atoms with Crippen LogP contribution in [0.2, 0.25) is 0 Å². The van der Waals surface area contributed by atoms with Gasteiger partial charge in [0.1, 0.15) is 18.5 Å². The zero-order valence-electron chi connectivity index (χ0n) is 35.4. The van der Waals surface area contributed by atoms with E-state index in [0.29, 0.717) is 69.2 Å². The Morgan fingerprint density at radius 3 is 2.26 bits per heavy atom. The molecule has 1 aliphatic carbocycles. The lowest BCUT2D eigenvalue weighted by Gasteiger charge is -2.27. The zero-order chi connectivity index (χ0) is 45.4. The number of allylic oxidation sites excluding steroid dienone is 2. The van der Waals surface area contributed by atoms with Gasteiger partial charge in [0.2, 0.25) is 5.82 Å². The number of alkyl halides is 2. The minimum Gasteiger partial charge on any atom is -0.487 e. The van der Waals surface area contributed by atoms with Crippen molar-refractivity contribution < 1.29 is 67.6 Å². The van der Waals surface area contributed by atoms with Gasteiger partial charge >= 0.3 is 17.9 Å². The van der Waals surface area contributed by atoms with E-state index < -0.39 is 48.7 Å². The van der Waals surface area contributed by atoms with Crippen molar-refractivity contribution in [1.82, 2.24) is 14.1 Å². The number of hydrogen-bond acceptors (Lipinski definition) is 15. The molecular weight excluding hydrogens is 823 g/mol. The van der Waals surface area contributed by atoms with Crippen LogP contribution in [0.15, 0.2) is 66.8 Å². The number of β-amino-alcohol motifs (C(OH)–C–C–N with tert-alkyl or cyclic N) is 1. The molecule has 2 aliphatic rings. The molecule has 0 unspecified atom stereocenters. The Morgan fingerprint density at radius 1 is 1.00 bits per heavy atom. The van der Waals surface area contributed by atoms with Gasteiger partial charge in [-0.05, 0) is 78.0 Å². The Kier molecular flexibility index (Phi) is 23.6. The summed E-state index contributed by atoms with van der Waals surface area (Å²) in [5, 5.41) is 49.3. The number of halogens is 2. The Morgan fingerprint density at radius 2 is 1.66 bits per heavy atom. The van der Waals surface area contributed by atoms with Crippen molar-refractivity contribution in [2.24, 2.45) is 11.8 Å². The number of ether oxygens (including phenoxy) is 4. The molecule has 61 heavy (non-hydrogen) atoms. The number of aliphatic carboxylic acids is 2. The van der Waals surface area contributed by atoms with Gasteiger partial charge in [-0.15, -0.1) is 4.37 Å². The van der Waals surface area contributed by atoms with Crippen molar-refractivity contribution in [2.45, 2.75) is 103 Å². The number of carbonyl (C=O) groups excluding carboxylic acids is 1. The number of benzene rings is 1. The minimum absolute atomic E-state index is 0.0257. The molecule has 2 heterocycles. The Labute approximate surface area is 360 Å². The number of unbranched alkanes of at least 4 members (excludes halogenated alkanes) is 1. The maximum atomic E-state index is 14.2. The standard InChI is InChI=1S/C25H34F2O5.C13H24N4O3S.C4H4O4/c1-18(2)32-24(30)13-9-4-3-8-12-20-21(23(29)16-22(20)28)14-15-25(26,27)17-31-19-10-6-5-7-11-19;1-13(2,3)14-8-10(18)9-20-12-11(15-21-16-12)17-4-6-19-7-5-17;5-3(6)1-2-4(7)8/h3,5-8,10-11,14-15,18,20-23,28-29H,4,9,12-13,16-17H2,1-2H3;10,14,18H,4-9H2,1-3H3;1-2H,(H,5,6)(H,7,8)/b8-3-,15-14+;;2-1-/t20-,21-,22+,23-;10-;/m10./s1. The fraction of sp³-hybridized carbons (Fsp3) is 0.595. The van der Waals surface area contributed by atoms with Gasteiger partial charge in [-0.2, -0.15) is 13.2 Å². The van der Waals surface area contributed by atoms with E-state index in [0.717, 1.165) is 36.7 Å². The molecule has 1 saturated heterocycles. The van der Waals surface area contributed by atoms with Gasteiger partial charge in [-0.25, -0.2) is 9.59 Å². The third-order valence-electron chi connectivity index (χ3n) is 8.75. The topological polar surface area (TPSA) is 230 Å². The predicted molar refractivity (Wildman–Crippen MR) is 225 cm³/mol. The summed E-state index contributed by atoms with van der Waals surface area (Å²) in [6, 6.07) is 8.39. The smallest absolute Gasteiger partial charge is 0.328 e. The van der Waals surface area contributed by atoms with Crippen molar-refractivity contribution in [3.05, 3.63) is 66.8 Å². The third kappa shape index (κ3) is 23.3. The number of morpholine rings is 1. The summed E-state index contributed by atoms with van der Waals surface area (Å²) in [7, 11) is 0. The summed E-state index contributed by atoms with van der Waals surface area (Å²) in [6.07, 6.45) is 6.87. The van der Waals surface area contributed by atoms with Crippen LogP contribution < -0.4 is 19.7 Å². The Balaban J connectivity index is 0.000000376. The molecule has 16 nitrogen and oxygen atoms in total. The maximum absolute atomic E-state index is 14.2. The second kappa shape index (κ2) is 27.4. The number of esters is 1. The number of aliphatic hydroxyl groups excluding tert-OH is 3. The summed E-state index contributed by atoms with van der Waals surface area (Å²) < 4.78 is 58.1. The number of rotatable bonds is 20. The van der Waals surface area contributed by atoms with Crippen molar-refractivity contribution >= 4 is 35.5 Å². The number of anilines is 1. The number of carbonyl (C=O) groups is 3. The largest absolute Gasteiger partial charge is 0.487 e. The number of aliphatic hydroxyl groups is 3. The number of carboxylic acid groups (broad SMARTS) is 2. The second-order valence-corrected chi connectivity index (χ2v) is 16.1. The average Bonchev–Trinajstić information content (AvgIpc) is 3.78. The molecule has 342 valence electrons. The molecule has 1 aromatic carbocycles. The van der Waals surface area contributed by atoms with Crippen LogP contribution >= 0.6 is 11.7 Å². The molecule has 19 heteroatoms. The van der Waals surface area contributed by atoms with Crippen LogP contribution in [0.5, 0.6) is 11.6 Å². The van der Waals surface area contributed by atoms with Gasteiger partial charge in [0.25, 0.3) is 11.8 Å². The molecule has 2 aromatic rings. The van der Waals surface area contributed by atoms with E-state index in [1.807, 2.05) is 12.2 Å². The van der Waals surface area contributed by atoms with Crippen molar-refractivity contribution in [2.75, 3.05) is 51.0 Å². The molecule has 1 aliphatic heterocycles. The molecule has 2 fully saturated rings. The molecule has 6 N–H and O–H groups in total. The molecule has 0 bridgehead atoms. The highest BCUT2D eigenvalue weighted by molar-refractivity contribution is 6.99. The fourth-order valence-electron chi connectivity index (χ4n) is 5.80. The van der Waals surface area contributed by atoms with Crippen LogP contribution in [0.4, 0.5) is 14.6 Å². The van der Waals surface area contributed by atoms with E-state index in [4.69, 9.17) is 29.2 Å². The van der Waals surface area contributed by atoms with Crippen LogP contribution in [-0.2, 0) is 23.9 Å². The van der Waals surface area contributed by atoms with E-state index in [-0.39, 0.29) is 36.6 Å². The van der Waals surface area contributed by atoms with Gasteiger partial charge in [0.05, 0.1) is 43.3 Å². The van der Waals surface area contributed by atoms with Crippen LogP contribution in [0.25, 0.3) is 0 Å². The highest BCUT2D eigenvalue weighted by Crippen LogP contribution is 2.37. The first-order valence-corrected chi connectivity index (χ1v) is 20.8. The third-order valence-corrected chi connectivity index (χ3v) is 9.25. The van der Waals surface area contributed by atoms with Crippen LogP contribution in [0, 0.1) is 11.8 Å². The Hall–Kier alpha value is -4.53. The van der Waals surface area contributed by atoms with E-state index >= 15 is 0 Å². The molecule has 1 saturated carbocycles. The van der Waals surface area contributed by atoms with E-state index in [2.05, 4.69) is 39.7 Å². The molecule has 1 aromatic heterocycles. The number of nitrogens with zero attached hydrogens (tertiary/aromatic N) is 3. The molecule has 0 radical (unpaired) electrons. The molecule has 0 spiro atoms. The van der Waals surface area contributed by atoms with Gasteiger partial charge < -0.3 is 54.7 Å². The number of carboxylic acids is 2. The summed E-state index contributed by atoms with van der Waals surface area (Å²) in [4.78, 5) is 32.7. The Bertz CT molecular complexity index is 1650.